The third-order valence-corrected chi connectivity index (χ3v) is 16.6. The third kappa shape index (κ3) is 22.7. The number of nitrogens with zero attached hydrogens (tertiary/aromatic N) is 2. The number of ketones is 1. The molecule has 79 heavy (non-hydrogen) atoms. The van der Waals surface area contributed by atoms with Crippen LogP contribution >= 0.6 is 0 Å². The number of amides is 1. The Labute approximate surface area is 472 Å². The maximum atomic E-state index is 13.9. The summed E-state index contributed by atoms with van der Waals surface area (Å²) in [4.78, 5) is 66.0. The first-order chi connectivity index (χ1) is 37.5. The van der Waals surface area contributed by atoms with Gasteiger partial charge < -0.3 is 43.7 Å². The number of methoxy groups -OCH3 is 4. The molecular formula is C63H98N2O14. The summed E-state index contributed by atoms with van der Waals surface area (Å²) in [5, 5.41) is 37.2. The number of carbonyl (C=O) groups excluding carboxylic acids is 5. The molecule has 0 saturated carbocycles. The number of rotatable bonds is 7. The van der Waals surface area contributed by atoms with E-state index in [-0.39, 0.29) is 122 Å². The molecule has 0 radical (unpaired) electrons. The van der Waals surface area contributed by atoms with E-state index in [0.29, 0.717) is 51.4 Å². The van der Waals surface area contributed by atoms with Crippen LogP contribution in [0.2, 0.25) is 0 Å². The molecule has 3 N–H and O–H groups in total. The fourth-order valence-electron chi connectivity index (χ4n) is 11.3. The van der Waals surface area contributed by atoms with E-state index in [9.17, 15) is 39.3 Å². The van der Waals surface area contributed by atoms with E-state index < -0.39 is 35.9 Å². The molecule has 14 atom stereocenters. The maximum absolute atomic E-state index is 13.9. The highest BCUT2D eigenvalue weighted by molar-refractivity contribution is 5.94. The average Bonchev–Trinajstić information content (AvgIpc) is 4.23. The normalized spacial score (nSPS) is 33.7. The molecule has 0 spiro atoms. The van der Waals surface area contributed by atoms with E-state index >= 15 is 0 Å². The standard InChI is InChI=1S/C63H98N2O14/c1-41-18-16-19-42(2)31-61(72)78-53(40-74-9)29-43(3)30-58-63(7,8)50(38-62(73)79-58)21-17-22-51(66)39-55(69)46(6)56(75-10)24-23-44(4)57(76-11)37-49-32-48(34-54(68)45(49)5)35-59(70)65(64-26-27-64)25-15-13-14-20-47(33-52(67)28-41)36-60(71)77-12/h13-19,21-22,25,34,42-47,49,51-53,55-58,66-67,69H,20,23-24,26-33,35-40H2,1-12H3. The van der Waals surface area contributed by atoms with Gasteiger partial charge in [-0.2, -0.15) is 0 Å². The molecule has 2 fully saturated rings. The number of carbonyl (C=O) groups is 5. The molecule has 3 aliphatic heterocycles. The molecule has 3 heterocycles. The molecule has 0 aromatic heterocycles. The highest BCUT2D eigenvalue weighted by Gasteiger charge is 2.42. The average molecular weight is 1110 g/mol. The van der Waals surface area contributed by atoms with Gasteiger partial charge >= 0.3 is 17.9 Å². The van der Waals surface area contributed by atoms with Gasteiger partial charge in [0.15, 0.2) is 5.78 Å². The van der Waals surface area contributed by atoms with Crippen molar-refractivity contribution in [3.8, 4) is 0 Å². The Kier molecular flexibility index (Phi) is 28.3. The van der Waals surface area contributed by atoms with Crippen molar-refractivity contribution in [1.82, 2.24) is 10.0 Å². The second-order valence-electron chi connectivity index (χ2n) is 23.8. The summed E-state index contributed by atoms with van der Waals surface area (Å²) in [5.74, 6) is -2.02. The van der Waals surface area contributed by atoms with Crippen molar-refractivity contribution in [3.05, 3.63) is 83.7 Å². The summed E-state index contributed by atoms with van der Waals surface area (Å²) >= 11 is 0. The molecule has 16 nitrogen and oxygen atoms in total. The molecule has 4 aliphatic rings. The third-order valence-electron chi connectivity index (χ3n) is 16.6. The van der Waals surface area contributed by atoms with Crippen LogP contribution < -0.4 is 0 Å². The van der Waals surface area contributed by atoms with Crippen LogP contribution in [-0.2, 0) is 52.4 Å². The summed E-state index contributed by atoms with van der Waals surface area (Å²) in [6, 6.07) is 0. The number of esters is 3. The van der Waals surface area contributed by atoms with Crippen molar-refractivity contribution < 1.29 is 67.7 Å². The molecule has 0 aromatic carbocycles. The number of fused-ring (bicyclic) bond motifs is 4. The van der Waals surface area contributed by atoms with E-state index in [1.165, 1.54) is 7.11 Å². The summed E-state index contributed by atoms with van der Waals surface area (Å²) in [6.07, 6.45) is 21.3. The van der Waals surface area contributed by atoms with Crippen molar-refractivity contribution in [2.75, 3.05) is 48.1 Å². The van der Waals surface area contributed by atoms with Gasteiger partial charge in [-0.05, 0) is 112 Å². The van der Waals surface area contributed by atoms with Crippen LogP contribution in [0.5, 0.6) is 0 Å². The van der Waals surface area contributed by atoms with Crippen LogP contribution in [0, 0.1) is 46.8 Å². The zero-order chi connectivity index (χ0) is 58.4. The Morgan fingerprint density at radius 2 is 1.48 bits per heavy atom. The first-order valence-electron chi connectivity index (χ1n) is 28.9. The zero-order valence-electron chi connectivity index (χ0n) is 49.7. The summed E-state index contributed by atoms with van der Waals surface area (Å²) in [7, 11) is 6.23. The fourth-order valence-corrected chi connectivity index (χ4v) is 11.3. The predicted molar refractivity (Wildman–Crippen MR) is 304 cm³/mol. The van der Waals surface area contributed by atoms with Crippen molar-refractivity contribution in [2.45, 2.75) is 188 Å². The highest BCUT2D eigenvalue weighted by Crippen LogP contribution is 2.42. The predicted octanol–water partition coefficient (Wildman–Crippen LogP) is 9.29. The van der Waals surface area contributed by atoms with Gasteiger partial charge in [0.2, 0.25) is 5.91 Å². The number of aliphatic hydroxyl groups is 3. The minimum atomic E-state index is -0.959. The number of cyclic esters (lactones) is 1. The molecule has 444 valence electrons. The second kappa shape index (κ2) is 33.4. The molecule has 4 rings (SSSR count). The van der Waals surface area contributed by atoms with Gasteiger partial charge in [-0.15, -0.1) is 0 Å². The highest BCUT2D eigenvalue weighted by atomic mass is 16.6. The maximum Gasteiger partial charge on any atom is 0.310 e. The first kappa shape index (κ1) is 67.0. The van der Waals surface area contributed by atoms with Gasteiger partial charge in [0.25, 0.3) is 0 Å². The fraction of sp³-hybridized carbons (Fsp3) is 0.698. The monoisotopic (exact) mass is 1110 g/mol. The van der Waals surface area contributed by atoms with Gasteiger partial charge in [0.1, 0.15) is 12.2 Å². The number of ether oxygens (including phenoxy) is 6. The van der Waals surface area contributed by atoms with Gasteiger partial charge in [0.05, 0.1) is 57.1 Å². The lowest BCUT2D eigenvalue weighted by Crippen LogP contribution is -2.42. The van der Waals surface area contributed by atoms with Crippen LogP contribution in [0.15, 0.2) is 83.7 Å². The molecule has 0 aromatic rings. The summed E-state index contributed by atoms with van der Waals surface area (Å²) in [6.45, 7) is 17.6. The van der Waals surface area contributed by atoms with Gasteiger partial charge in [-0.25, -0.2) is 10.0 Å². The van der Waals surface area contributed by atoms with E-state index in [0.717, 1.165) is 36.2 Å². The Morgan fingerprint density at radius 1 is 0.772 bits per heavy atom. The lowest BCUT2D eigenvalue weighted by Gasteiger charge is -2.41. The quantitative estimate of drug-likeness (QED) is 0.123. The van der Waals surface area contributed by atoms with Gasteiger partial charge in [0, 0.05) is 77.1 Å². The lowest BCUT2D eigenvalue weighted by molar-refractivity contribution is -0.160. The van der Waals surface area contributed by atoms with Crippen LogP contribution in [0.1, 0.15) is 145 Å². The largest absolute Gasteiger partial charge is 0.469 e. The van der Waals surface area contributed by atoms with Crippen LogP contribution in [0.25, 0.3) is 0 Å². The number of allylic oxidation sites excluding steroid dienone is 9. The molecule has 1 aliphatic carbocycles. The summed E-state index contributed by atoms with van der Waals surface area (Å²) < 4.78 is 34.4. The second-order valence-corrected chi connectivity index (χ2v) is 23.8. The van der Waals surface area contributed by atoms with Gasteiger partial charge in [-0.1, -0.05) is 108 Å². The Balaban J connectivity index is 1.55. The minimum absolute atomic E-state index is 0.00262. The van der Waals surface area contributed by atoms with Gasteiger partial charge in [-0.3, -0.25) is 24.0 Å². The minimum Gasteiger partial charge on any atom is -0.469 e. The first-order valence-corrected chi connectivity index (χ1v) is 28.9. The van der Waals surface area contributed by atoms with Crippen LogP contribution in [0.3, 0.4) is 0 Å². The summed E-state index contributed by atoms with van der Waals surface area (Å²) in [5.41, 5.74) is 2.05. The number of aliphatic hydroxyl groups excluding tert-OH is 3. The topological polar surface area (TPSA) is 208 Å². The van der Waals surface area contributed by atoms with Crippen molar-refractivity contribution in [1.29, 1.82) is 0 Å². The zero-order valence-corrected chi connectivity index (χ0v) is 49.7. The van der Waals surface area contributed by atoms with Crippen LogP contribution in [0.4, 0.5) is 0 Å². The van der Waals surface area contributed by atoms with Crippen molar-refractivity contribution in [3.63, 3.8) is 0 Å². The molecule has 14 unspecified atom stereocenters. The molecule has 2 saturated heterocycles. The van der Waals surface area contributed by atoms with Crippen LogP contribution in [-0.4, -0.2) is 146 Å². The smallest absolute Gasteiger partial charge is 0.310 e. The Bertz CT molecular complexity index is 2190. The number of hydrogen-bond donors (Lipinski definition) is 3. The number of hydrogen-bond acceptors (Lipinski definition) is 15. The number of hydrazine groups is 1. The Hall–Kier alpha value is -4.55. The van der Waals surface area contributed by atoms with E-state index in [1.807, 2.05) is 89.9 Å². The molecular weight excluding hydrogens is 1010 g/mol. The molecule has 1 amide bonds. The van der Waals surface area contributed by atoms with Crippen molar-refractivity contribution >= 4 is 29.6 Å². The molecule has 16 heteroatoms. The SMILES string of the molecule is COCC1CC(C)CC2OC(=O)CC(=CC=CC(O)CC(O)C(C)C(OC)CCC(C)C(OC)CC3CC(=CC(=O)C3C)CC(=O)N(N3CC3)C=CC=CCC(CC(=O)OC)CC(O)CC(C)=CC=CC(C)CC(=O)O1)C2(C)C. The molecule has 4 bridgehead atoms. The van der Waals surface area contributed by atoms with E-state index in [1.54, 1.807) is 56.8 Å². The Morgan fingerprint density at radius 3 is 2.15 bits per heavy atom. The van der Waals surface area contributed by atoms with E-state index in [2.05, 4.69) is 6.92 Å². The lowest BCUT2D eigenvalue weighted by atomic mass is 9.72. The van der Waals surface area contributed by atoms with E-state index in [4.69, 9.17) is 28.4 Å². The van der Waals surface area contributed by atoms with Crippen molar-refractivity contribution in [2.24, 2.45) is 46.8 Å².